The molecule has 0 fully saturated rings. The first-order chi connectivity index (χ1) is 5.19. The highest BCUT2D eigenvalue weighted by Gasteiger charge is 2.40. The molecule has 0 aromatic heterocycles. The smallest absolute Gasteiger partial charge is 0.324 e. The summed E-state index contributed by atoms with van der Waals surface area (Å²) in [6.07, 6.45) is 1.99. The molecule has 0 aromatic rings. The Balaban J connectivity index is 4.96. The third-order valence-corrected chi connectivity index (χ3v) is 4.58. The van der Waals surface area contributed by atoms with Gasteiger partial charge in [-0.05, 0) is 6.92 Å². The summed E-state index contributed by atoms with van der Waals surface area (Å²) in [5.74, 6) is 0. The third kappa shape index (κ3) is 3.63. The van der Waals surface area contributed by atoms with E-state index in [4.69, 9.17) is 19.6 Å². The van der Waals surface area contributed by atoms with Crippen molar-refractivity contribution in [2.75, 3.05) is 0 Å². The van der Waals surface area contributed by atoms with E-state index in [0.717, 1.165) is 6.08 Å². The lowest BCUT2D eigenvalue weighted by Crippen LogP contribution is -2.05. The summed E-state index contributed by atoms with van der Waals surface area (Å²) in [5, 5.41) is -2.02. The molecule has 12 heavy (non-hydrogen) atoms. The van der Waals surface area contributed by atoms with Crippen molar-refractivity contribution in [3.05, 3.63) is 12.2 Å². The summed E-state index contributed by atoms with van der Waals surface area (Å²) >= 11 is 0. The quantitative estimate of drug-likeness (QED) is 0.397. The zero-order chi connectivity index (χ0) is 9.99. The predicted octanol–water partition coefficient (Wildman–Crippen LogP) is 0.244. The average Bonchev–Trinajstić information content (AvgIpc) is 1.77. The molecule has 6 nitrogen and oxygen atoms in total. The summed E-state index contributed by atoms with van der Waals surface area (Å²) in [7, 11) is -9.53. The SMILES string of the molecule is CC=CC(P(=O)(O)O)P(=O)(O)O. The molecular formula is C4H10O6P2. The third-order valence-electron chi connectivity index (χ3n) is 1.05. The van der Waals surface area contributed by atoms with Crippen molar-refractivity contribution in [1.82, 2.24) is 0 Å². The molecule has 0 aromatic carbocycles. The molecule has 0 spiro atoms. The number of hydrogen-bond donors (Lipinski definition) is 4. The summed E-state index contributed by atoms with van der Waals surface area (Å²) < 4.78 is 21.0. The van der Waals surface area contributed by atoms with Crippen LogP contribution in [0, 0.1) is 0 Å². The highest BCUT2D eigenvalue weighted by Crippen LogP contribution is 2.60. The van der Waals surface area contributed by atoms with E-state index in [9.17, 15) is 9.13 Å². The minimum Gasteiger partial charge on any atom is -0.324 e. The highest BCUT2D eigenvalue weighted by molar-refractivity contribution is 7.71. The van der Waals surface area contributed by atoms with E-state index in [0.29, 0.717) is 0 Å². The van der Waals surface area contributed by atoms with Crippen LogP contribution < -0.4 is 0 Å². The van der Waals surface area contributed by atoms with E-state index < -0.39 is 20.6 Å². The van der Waals surface area contributed by atoms with Gasteiger partial charge in [0, 0.05) is 0 Å². The van der Waals surface area contributed by atoms with E-state index >= 15 is 0 Å². The van der Waals surface area contributed by atoms with Crippen LogP contribution in [0.4, 0.5) is 0 Å². The number of allylic oxidation sites excluding steroid dienone is 2. The van der Waals surface area contributed by atoms with Gasteiger partial charge in [0.15, 0.2) is 5.40 Å². The molecule has 0 amide bonds. The molecule has 72 valence electrons. The summed E-state index contributed by atoms with van der Waals surface area (Å²) in [4.78, 5) is 34.0. The summed E-state index contributed by atoms with van der Waals surface area (Å²) in [6.45, 7) is 1.42. The lowest BCUT2D eigenvalue weighted by molar-refractivity contribution is 0.346. The van der Waals surface area contributed by atoms with Crippen LogP contribution in [0.3, 0.4) is 0 Å². The van der Waals surface area contributed by atoms with E-state index in [1.54, 1.807) is 0 Å². The molecule has 0 saturated carbocycles. The lowest BCUT2D eigenvalue weighted by atomic mass is 10.6. The lowest BCUT2D eigenvalue weighted by Gasteiger charge is -2.15. The normalized spacial score (nSPS) is 14.5. The molecule has 8 heteroatoms. The van der Waals surface area contributed by atoms with Crippen LogP contribution >= 0.6 is 15.2 Å². The second kappa shape index (κ2) is 3.83. The maximum Gasteiger partial charge on any atom is 0.344 e. The highest BCUT2D eigenvalue weighted by atomic mass is 31.2. The van der Waals surface area contributed by atoms with Gasteiger partial charge >= 0.3 is 15.2 Å². The zero-order valence-electron chi connectivity index (χ0n) is 6.23. The molecule has 0 aliphatic carbocycles. The second-order valence-electron chi connectivity index (χ2n) is 2.12. The summed E-state index contributed by atoms with van der Waals surface area (Å²) in [6, 6.07) is 0. The van der Waals surface area contributed by atoms with Gasteiger partial charge in [0.05, 0.1) is 0 Å². The number of rotatable bonds is 3. The molecule has 0 unspecified atom stereocenters. The first-order valence-corrected chi connectivity index (χ1v) is 6.29. The molecule has 0 saturated heterocycles. The van der Waals surface area contributed by atoms with Crippen molar-refractivity contribution in [2.45, 2.75) is 12.3 Å². The molecule has 0 heterocycles. The second-order valence-corrected chi connectivity index (χ2v) is 5.99. The van der Waals surface area contributed by atoms with Crippen molar-refractivity contribution < 1.29 is 28.7 Å². The van der Waals surface area contributed by atoms with E-state index in [1.807, 2.05) is 0 Å². The van der Waals surface area contributed by atoms with Gasteiger partial charge in [-0.25, -0.2) is 0 Å². The molecule has 0 rings (SSSR count). The zero-order valence-corrected chi connectivity index (χ0v) is 8.02. The monoisotopic (exact) mass is 216 g/mol. The Hall–Kier alpha value is 0.0400. The van der Waals surface area contributed by atoms with Crippen LogP contribution in [0.2, 0.25) is 0 Å². The van der Waals surface area contributed by atoms with Crippen LogP contribution in [-0.2, 0) is 9.13 Å². The Morgan fingerprint density at radius 2 is 1.42 bits per heavy atom. The fourth-order valence-corrected chi connectivity index (χ4v) is 2.95. The van der Waals surface area contributed by atoms with Crippen molar-refractivity contribution in [3.63, 3.8) is 0 Å². The molecule has 0 aliphatic heterocycles. The van der Waals surface area contributed by atoms with Gasteiger partial charge in [-0.2, -0.15) is 0 Å². The topological polar surface area (TPSA) is 115 Å². The first kappa shape index (κ1) is 12.0. The van der Waals surface area contributed by atoms with Crippen molar-refractivity contribution in [1.29, 1.82) is 0 Å². The Morgan fingerprint density at radius 1 is 1.08 bits per heavy atom. The minimum atomic E-state index is -4.76. The molecule has 4 N–H and O–H groups in total. The van der Waals surface area contributed by atoms with Gasteiger partial charge in [0.1, 0.15) is 0 Å². The number of hydrogen-bond acceptors (Lipinski definition) is 2. The first-order valence-electron chi connectivity index (χ1n) is 2.93. The van der Waals surface area contributed by atoms with Gasteiger partial charge in [-0.1, -0.05) is 12.2 Å². The van der Waals surface area contributed by atoms with Crippen LogP contribution in [0.25, 0.3) is 0 Å². The average molecular weight is 216 g/mol. The van der Waals surface area contributed by atoms with Crippen molar-refractivity contribution in [3.8, 4) is 0 Å². The van der Waals surface area contributed by atoms with E-state index in [1.165, 1.54) is 13.0 Å². The Bertz CT molecular complexity index is 237. The standard InChI is InChI=1S/C4H10O6P2/c1-2-3-4(11(5,6)7)12(8,9)10/h2-4H,1H3,(H2,5,6,7)(H2,8,9,10). The van der Waals surface area contributed by atoms with Crippen LogP contribution in [-0.4, -0.2) is 25.0 Å². The Labute approximate surface area is 69.2 Å². The molecule has 0 atom stereocenters. The van der Waals surface area contributed by atoms with E-state index in [-0.39, 0.29) is 0 Å². The molecule has 0 bridgehead atoms. The van der Waals surface area contributed by atoms with Crippen LogP contribution in [0.5, 0.6) is 0 Å². The maximum absolute atomic E-state index is 10.5. The Morgan fingerprint density at radius 3 is 1.50 bits per heavy atom. The van der Waals surface area contributed by atoms with Crippen molar-refractivity contribution in [2.24, 2.45) is 0 Å². The largest absolute Gasteiger partial charge is 0.344 e. The predicted molar refractivity (Wildman–Crippen MR) is 42.7 cm³/mol. The van der Waals surface area contributed by atoms with Gasteiger partial charge in [-0.15, -0.1) is 0 Å². The minimum absolute atomic E-state index is 0.807. The Kier molecular flexibility index (Phi) is 3.85. The fraction of sp³-hybridized carbons (Fsp3) is 0.500. The van der Waals surface area contributed by atoms with Gasteiger partial charge in [0.2, 0.25) is 0 Å². The molecular weight excluding hydrogens is 206 g/mol. The van der Waals surface area contributed by atoms with Gasteiger partial charge < -0.3 is 19.6 Å². The molecule has 0 radical (unpaired) electrons. The van der Waals surface area contributed by atoms with Crippen molar-refractivity contribution >= 4 is 15.2 Å². The van der Waals surface area contributed by atoms with Gasteiger partial charge in [-0.3, -0.25) is 9.13 Å². The van der Waals surface area contributed by atoms with E-state index in [2.05, 4.69) is 0 Å². The van der Waals surface area contributed by atoms with Crippen LogP contribution in [0.15, 0.2) is 12.2 Å². The molecule has 0 aliphatic rings. The fourth-order valence-electron chi connectivity index (χ4n) is 0.592. The maximum atomic E-state index is 10.5. The van der Waals surface area contributed by atoms with Crippen LogP contribution in [0.1, 0.15) is 6.92 Å². The van der Waals surface area contributed by atoms with Gasteiger partial charge in [0.25, 0.3) is 0 Å². The summed E-state index contributed by atoms with van der Waals surface area (Å²) in [5.41, 5.74) is 0.